The van der Waals surface area contributed by atoms with Gasteiger partial charge in [-0.3, -0.25) is 4.79 Å². The second kappa shape index (κ2) is 3.93. The van der Waals surface area contributed by atoms with Crippen molar-refractivity contribution in [3.63, 3.8) is 0 Å². The number of rotatable bonds is 2. The molecule has 1 saturated heterocycles. The van der Waals surface area contributed by atoms with E-state index in [9.17, 15) is 4.79 Å². The van der Waals surface area contributed by atoms with Gasteiger partial charge in [0.1, 0.15) is 5.78 Å². The highest BCUT2D eigenvalue weighted by atomic mass is 16.1. The standard InChI is InChI=1S/C12H15NO/c1-9(14)11-7-8-12(13-11)10-5-3-2-4-6-10/h2-6,11-13H,7-8H2,1H3/t11-,12+/m0/s1. The first-order valence-electron chi connectivity index (χ1n) is 5.09. The lowest BCUT2D eigenvalue weighted by molar-refractivity contribution is -0.118. The number of benzene rings is 1. The van der Waals surface area contributed by atoms with Crippen LogP contribution in [0.5, 0.6) is 0 Å². The van der Waals surface area contributed by atoms with Crippen molar-refractivity contribution in [2.24, 2.45) is 0 Å². The lowest BCUT2D eigenvalue weighted by Crippen LogP contribution is -2.30. The fourth-order valence-corrected chi connectivity index (χ4v) is 2.01. The largest absolute Gasteiger partial charge is 0.301 e. The van der Waals surface area contributed by atoms with Crippen LogP contribution in [-0.4, -0.2) is 11.8 Å². The molecule has 1 N–H and O–H groups in total. The fraction of sp³-hybridized carbons (Fsp3) is 0.417. The molecule has 1 aromatic rings. The van der Waals surface area contributed by atoms with Crippen molar-refractivity contribution >= 4 is 5.78 Å². The van der Waals surface area contributed by atoms with Crippen molar-refractivity contribution in [1.29, 1.82) is 0 Å². The molecule has 1 heterocycles. The molecule has 2 rings (SSSR count). The molecule has 0 aromatic heterocycles. The predicted octanol–water partition coefficient (Wildman–Crippen LogP) is 2.07. The maximum absolute atomic E-state index is 11.2. The SMILES string of the molecule is CC(=O)[C@@H]1CC[C@H](c2ccccc2)N1. The van der Waals surface area contributed by atoms with Gasteiger partial charge in [-0.25, -0.2) is 0 Å². The van der Waals surface area contributed by atoms with E-state index in [1.807, 2.05) is 18.2 Å². The van der Waals surface area contributed by atoms with E-state index in [4.69, 9.17) is 0 Å². The molecule has 2 heteroatoms. The van der Waals surface area contributed by atoms with Crippen LogP contribution in [0.3, 0.4) is 0 Å². The molecule has 0 saturated carbocycles. The van der Waals surface area contributed by atoms with Crippen LogP contribution in [0.1, 0.15) is 31.4 Å². The maximum Gasteiger partial charge on any atom is 0.146 e. The number of hydrogen-bond donors (Lipinski definition) is 1. The molecule has 0 spiro atoms. The van der Waals surface area contributed by atoms with E-state index in [2.05, 4.69) is 17.4 Å². The van der Waals surface area contributed by atoms with Gasteiger partial charge in [-0.1, -0.05) is 30.3 Å². The summed E-state index contributed by atoms with van der Waals surface area (Å²) >= 11 is 0. The van der Waals surface area contributed by atoms with Gasteiger partial charge in [0.2, 0.25) is 0 Å². The van der Waals surface area contributed by atoms with Gasteiger partial charge >= 0.3 is 0 Å². The first-order chi connectivity index (χ1) is 6.77. The summed E-state index contributed by atoms with van der Waals surface area (Å²) < 4.78 is 0. The Morgan fingerprint density at radius 1 is 1.29 bits per heavy atom. The number of nitrogens with one attached hydrogen (secondary N) is 1. The number of Topliss-reactive ketones (excluding diaryl/α,β-unsaturated/α-hetero) is 1. The molecule has 0 radical (unpaired) electrons. The Morgan fingerprint density at radius 3 is 2.57 bits per heavy atom. The topological polar surface area (TPSA) is 29.1 Å². The Morgan fingerprint density at radius 2 is 2.00 bits per heavy atom. The summed E-state index contributed by atoms with van der Waals surface area (Å²) in [7, 11) is 0. The summed E-state index contributed by atoms with van der Waals surface area (Å²) in [6.45, 7) is 1.66. The molecular weight excluding hydrogens is 174 g/mol. The number of ketones is 1. The van der Waals surface area contributed by atoms with E-state index in [1.54, 1.807) is 6.92 Å². The smallest absolute Gasteiger partial charge is 0.146 e. The Kier molecular flexibility index (Phi) is 2.64. The van der Waals surface area contributed by atoms with Crippen molar-refractivity contribution in [3.8, 4) is 0 Å². The van der Waals surface area contributed by atoms with Crippen LogP contribution in [0.4, 0.5) is 0 Å². The molecule has 0 unspecified atom stereocenters. The van der Waals surface area contributed by atoms with Crippen molar-refractivity contribution in [3.05, 3.63) is 35.9 Å². The summed E-state index contributed by atoms with van der Waals surface area (Å²) in [5.41, 5.74) is 1.29. The Bertz CT molecular complexity index is 320. The summed E-state index contributed by atoms with van der Waals surface area (Å²) in [6.07, 6.45) is 2.03. The lowest BCUT2D eigenvalue weighted by atomic mass is 10.1. The van der Waals surface area contributed by atoms with Crippen molar-refractivity contribution < 1.29 is 4.79 Å². The van der Waals surface area contributed by atoms with Crippen LogP contribution in [0, 0.1) is 0 Å². The zero-order valence-corrected chi connectivity index (χ0v) is 8.36. The third-order valence-corrected chi connectivity index (χ3v) is 2.84. The molecule has 1 aliphatic rings. The van der Waals surface area contributed by atoms with Crippen LogP contribution in [0.15, 0.2) is 30.3 Å². The van der Waals surface area contributed by atoms with Crippen LogP contribution in [-0.2, 0) is 4.79 Å². The normalized spacial score (nSPS) is 26.4. The van der Waals surface area contributed by atoms with Crippen LogP contribution in [0.2, 0.25) is 0 Å². The highest BCUT2D eigenvalue weighted by Crippen LogP contribution is 2.26. The zero-order chi connectivity index (χ0) is 9.97. The van der Waals surface area contributed by atoms with E-state index < -0.39 is 0 Å². The Hall–Kier alpha value is -1.15. The molecule has 2 atom stereocenters. The quantitative estimate of drug-likeness (QED) is 0.771. The Balaban J connectivity index is 2.06. The minimum absolute atomic E-state index is 0.0696. The van der Waals surface area contributed by atoms with E-state index in [-0.39, 0.29) is 11.8 Å². The molecule has 0 amide bonds. The average Bonchev–Trinajstić information content (AvgIpc) is 2.68. The number of carbonyl (C=O) groups excluding carboxylic acids is 1. The van der Waals surface area contributed by atoms with Gasteiger partial charge in [0, 0.05) is 6.04 Å². The van der Waals surface area contributed by atoms with Gasteiger partial charge < -0.3 is 5.32 Å². The summed E-state index contributed by atoms with van der Waals surface area (Å²) in [5.74, 6) is 0.253. The van der Waals surface area contributed by atoms with Gasteiger partial charge in [-0.05, 0) is 25.3 Å². The van der Waals surface area contributed by atoms with Gasteiger partial charge in [0.15, 0.2) is 0 Å². The Labute approximate surface area is 84.3 Å². The first kappa shape index (κ1) is 9.41. The first-order valence-corrected chi connectivity index (χ1v) is 5.09. The van der Waals surface area contributed by atoms with Gasteiger partial charge in [-0.15, -0.1) is 0 Å². The van der Waals surface area contributed by atoms with E-state index in [0.717, 1.165) is 12.8 Å². The van der Waals surface area contributed by atoms with Gasteiger partial charge in [-0.2, -0.15) is 0 Å². The molecule has 1 aliphatic heterocycles. The second-order valence-electron chi connectivity index (χ2n) is 3.87. The van der Waals surface area contributed by atoms with Crippen molar-refractivity contribution in [2.45, 2.75) is 31.8 Å². The number of hydrogen-bond acceptors (Lipinski definition) is 2. The second-order valence-corrected chi connectivity index (χ2v) is 3.87. The summed E-state index contributed by atoms with van der Waals surface area (Å²) in [5, 5.41) is 3.36. The van der Waals surface area contributed by atoms with Crippen LogP contribution in [0.25, 0.3) is 0 Å². The lowest BCUT2D eigenvalue weighted by Gasteiger charge is -2.12. The summed E-state index contributed by atoms with van der Waals surface area (Å²) in [6, 6.07) is 10.8. The molecule has 74 valence electrons. The van der Waals surface area contributed by atoms with Crippen molar-refractivity contribution in [1.82, 2.24) is 5.32 Å². The van der Waals surface area contributed by atoms with E-state index in [0.29, 0.717) is 6.04 Å². The van der Waals surface area contributed by atoms with Gasteiger partial charge in [0.25, 0.3) is 0 Å². The monoisotopic (exact) mass is 189 g/mol. The molecule has 0 bridgehead atoms. The molecule has 14 heavy (non-hydrogen) atoms. The fourth-order valence-electron chi connectivity index (χ4n) is 2.01. The molecule has 1 aromatic carbocycles. The number of carbonyl (C=O) groups is 1. The zero-order valence-electron chi connectivity index (χ0n) is 8.36. The van der Waals surface area contributed by atoms with E-state index >= 15 is 0 Å². The highest BCUT2D eigenvalue weighted by molar-refractivity contribution is 5.81. The molecule has 0 aliphatic carbocycles. The third-order valence-electron chi connectivity index (χ3n) is 2.84. The van der Waals surface area contributed by atoms with E-state index in [1.165, 1.54) is 5.56 Å². The van der Waals surface area contributed by atoms with Crippen LogP contribution < -0.4 is 5.32 Å². The van der Waals surface area contributed by atoms with Crippen LogP contribution >= 0.6 is 0 Å². The maximum atomic E-state index is 11.2. The molecule has 1 fully saturated rings. The minimum atomic E-state index is 0.0696. The predicted molar refractivity (Wildman–Crippen MR) is 56.0 cm³/mol. The van der Waals surface area contributed by atoms with Gasteiger partial charge in [0.05, 0.1) is 6.04 Å². The van der Waals surface area contributed by atoms with Crippen molar-refractivity contribution in [2.75, 3.05) is 0 Å². The summed E-state index contributed by atoms with van der Waals surface area (Å²) in [4.78, 5) is 11.2. The minimum Gasteiger partial charge on any atom is -0.301 e. The third kappa shape index (κ3) is 1.85. The molecular formula is C12H15NO. The average molecular weight is 189 g/mol. The highest BCUT2D eigenvalue weighted by Gasteiger charge is 2.27. The molecule has 2 nitrogen and oxygen atoms in total.